The van der Waals surface area contributed by atoms with Crippen LogP contribution < -0.4 is 4.90 Å². The van der Waals surface area contributed by atoms with E-state index in [0.29, 0.717) is 24.5 Å². The van der Waals surface area contributed by atoms with Gasteiger partial charge in [0, 0.05) is 44.1 Å². The van der Waals surface area contributed by atoms with Crippen molar-refractivity contribution in [2.45, 2.75) is 78.7 Å². The van der Waals surface area contributed by atoms with Crippen LogP contribution in [0.25, 0.3) is 22.1 Å². The highest BCUT2D eigenvalue weighted by Crippen LogP contribution is 2.35. The number of rotatable bonds is 7. The summed E-state index contributed by atoms with van der Waals surface area (Å²) in [6.45, 7) is 17.5. The Kier molecular flexibility index (Phi) is 15.5. The predicted molar refractivity (Wildman–Crippen MR) is 171 cm³/mol. The maximum absolute atomic E-state index is 12.4. The Hall–Kier alpha value is -3.66. The molecule has 1 aromatic carbocycles. The highest BCUT2D eigenvalue weighted by molar-refractivity contribution is 6.05. The molecule has 2 aromatic heterocycles. The zero-order chi connectivity index (χ0) is 31.8. The minimum absolute atomic E-state index is 0.159. The number of carbonyl (C=O) groups is 2. The van der Waals surface area contributed by atoms with E-state index < -0.39 is 0 Å². The quantitative estimate of drug-likeness (QED) is 0.173. The summed E-state index contributed by atoms with van der Waals surface area (Å²) in [5.41, 5.74) is 2.58. The number of aliphatic hydroxyl groups excluding tert-OH is 1. The fraction of sp³-hybridized carbons (Fsp3) is 0.576. The van der Waals surface area contributed by atoms with Crippen LogP contribution in [-0.2, 0) is 16.0 Å². The van der Waals surface area contributed by atoms with Gasteiger partial charge in [0.2, 0.25) is 0 Å². The number of aliphatic hydroxyl groups is 1. The van der Waals surface area contributed by atoms with Crippen molar-refractivity contribution in [3.05, 3.63) is 43.2 Å². The first-order valence-electron chi connectivity index (χ1n) is 15.4. The second-order valence-electron chi connectivity index (χ2n) is 11.0. The number of anilines is 1. The zero-order valence-corrected chi connectivity index (χ0v) is 26.3. The first-order chi connectivity index (χ1) is 20.8. The number of benzene rings is 1. The summed E-state index contributed by atoms with van der Waals surface area (Å²) in [5.74, 6) is 3.01. The number of amides is 1. The molecule has 3 atom stereocenters. The third-order valence-corrected chi connectivity index (χ3v) is 7.94. The average molecular weight is 599 g/mol. The number of ether oxygens (including phenoxy) is 1. The molecule has 2 aliphatic rings. The zero-order valence-electron chi connectivity index (χ0n) is 26.3. The third kappa shape index (κ3) is 9.95. The maximum atomic E-state index is 12.4. The van der Waals surface area contributed by atoms with Gasteiger partial charge in [-0.15, -0.1) is 13.2 Å². The number of hydrogen-bond acceptors (Lipinski definition) is 8. The topological polar surface area (TPSA) is 129 Å². The number of furan rings is 1. The molecule has 43 heavy (non-hydrogen) atoms. The van der Waals surface area contributed by atoms with Crippen LogP contribution in [0.3, 0.4) is 0 Å². The number of carboxylic acid groups (broad SMARTS) is 1. The van der Waals surface area contributed by atoms with E-state index in [1.54, 1.807) is 6.92 Å². The molecule has 0 radical (unpaired) electrons. The average Bonchev–Trinajstić information content (AvgIpc) is 3.61. The molecular weight excluding hydrogens is 548 g/mol. The molecule has 0 saturated carbocycles. The fourth-order valence-electron chi connectivity index (χ4n) is 5.42. The fourth-order valence-corrected chi connectivity index (χ4v) is 5.42. The molecular formula is C33H50N4O6. The van der Waals surface area contributed by atoms with Gasteiger partial charge < -0.3 is 29.2 Å². The summed E-state index contributed by atoms with van der Waals surface area (Å²) in [5, 5.41) is 15.5. The van der Waals surface area contributed by atoms with Gasteiger partial charge in [-0.3, -0.25) is 4.79 Å². The Morgan fingerprint density at radius 3 is 2.44 bits per heavy atom. The summed E-state index contributed by atoms with van der Waals surface area (Å²) in [7, 11) is 0. The summed E-state index contributed by atoms with van der Waals surface area (Å²) in [6, 6.07) is 8.56. The van der Waals surface area contributed by atoms with E-state index in [1.807, 2.05) is 23.1 Å². The minimum Gasteiger partial charge on any atom is -0.483 e. The van der Waals surface area contributed by atoms with Crippen LogP contribution in [0.15, 0.2) is 41.8 Å². The van der Waals surface area contributed by atoms with Crippen LogP contribution in [0, 0.1) is 11.8 Å². The van der Waals surface area contributed by atoms with Crippen LogP contribution in [0.2, 0.25) is 0 Å². The van der Waals surface area contributed by atoms with Crippen molar-refractivity contribution < 1.29 is 29.0 Å². The molecule has 10 heteroatoms. The lowest BCUT2D eigenvalue weighted by Crippen LogP contribution is -2.42. The smallest absolute Gasteiger partial charge is 0.409 e. The minimum atomic E-state index is -0.250. The Balaban J connectivity index is 0.000000733. The number of fused-ring (bicyclic) bond motifs is 3. The first-order valence-corrected chi connectivity index (χ1v) is 15.4. The molecule has 10 nitrogen and oxygen atoms in total. The van der Waals surface area contributed by atoms with Gasteiger partial charge in [0.1, 0.15) is 16.9 Å². The summed E-state index contributed by atoms with van der Waals surface area (Å²) in [6.07, 6.45) is 6.86. The van der Waals surface area contributed by atoms with Crippen molar-refractivity contribution in [3.8, 4) is 0 Å². The number of aromatic nitrogens is 2. The normalized spacial score (nSPS) is 19.4. The molecule has 0 spiro atoms. The number of piperidine rings is 1. The highest BCUT2D eigenvalue weighted by Gasteiger charge is 2.28. The highest BCUT2D eigenvalue weighted by atomic mass is 16.6. The molecule has 1 unspecified atom stereocenters. The van der Waals surface area contributed by atoms with Crippen molar-refractivity contribution in [2.24, 2.45) is 11.8 Å². The second-order valence-corrected chi connectivity index (χ2v) is 11.0. The van der Waals surface area contributed by atoms with E-state index >= 15 is 0 Å². The standard InChI is InChI=1S/C28H38N4O3.C2H6O.C2H4.CH2O2/c1-19-14-16-31(18-20(19)2)28(33)34-17-8-4-5-13-24-29-25-22-11-6-7-12-23(22)35-26(25)27(30-24)32-15-9-10-21(32)3;1-2-3;1-2;2-1-3/h6-7,11-12,19-21H,4-5,8-10,13-18H2,1-3H3;3H,2H2,1H3;1-2H2;1H,(H,2,3)/t19?,20-,21+;;;/m0.../s1. The summed E-state index contributed by atoms with van der Waals surface area (Å²) in [4.78, 5) is 34.9. The second kappa shape index (κ2) is 18.8. The Bertz CT molecular complexity index is 1260. The van der Waals surface area contributed by atoms with E-state index in [-0.39, 0.29) is 19.2 Å². The molecule has 2 N–H and O–H groups in total. The van der Waals surface area contributed by atoms with E-state index in [9.17, 15) is 4.79 Å². The number of para-hydroxylation sites is 1. The van der Waals surface area contributed by atoms with Crippen molar-refractivity contribution in [1.29, 1.82) is 0 Å². The number of hydrogen-bond donors (Lipinski definition) is 2. The number of unbranched alkanes of at least 4 members (excludes halogenated alkanes) is 2. The van der Waals surface area contributed by atoms with Crippen LogP contribution >= 0.6 is 0 Å². The molecule has 238 valence electrons. The number of likely N-dealkylation sites (tertiary alicyclic amines) is 1. The molecule has 4 heterocycles. The maximum Gasteiger partial charge on any atom is 0.409 e. The summed E-state index contributed by atoms with van der Waals surface area (Å²) < 4.78 is 11.8. The molecule has 5 rings (SSSR count). The monoisotopic (exact) mass is 598 g/mol. The van der Waals surface area contributed by atoms with E-state index in [2.05, 4.69) is 44.9 Å². The van der Waals surface area contributed by atoms with Crippen molar-refractivity contribution in [3.63, 3.8) is 0 Å². The van der Waals surface area contributed by atoms with Crippen LogP contribution in [-0.4, -0.2) is 76.5 Å². The van der Waals surface area contributed by atoms with Gasteiger partial charge in [-0.05, 0) is 76.3 Å². The van der Waals surface area contributed by atoms with Gasteiger partial charge in [0.05, 0.1) is 6.61 Å². The largest absolute Gasteiger partial charge is 0.483 e. The van der Waals surface area contributed by atoms with E-state index in [0.717, 1.165) is 85.4 Å². The first kappa shape index (κ1) is 35.5. The van der Waals surface area contributed by atoms with Crippen molar-refractivity contribution in [2.75, 3.05) is 37.7 Å². The molecule has 0 aliphatic carbocycles. The Morgan fingerprint density at radius 2 is 1.79 bits per heavy atom. The SMILES string of the molecule is C=C.CC1CCN(C(=O)OCCCCCc2nc(N3CCC[C@H]3C)c3oc4ccccc4c3n2)C[C@@H]1C.CCO.O=CO. The predicted octanol–water partition coefficient (Wildman–Crippen LogP) is 6.69. The van der Waals surface area contributed by atoms with E-state index in [1.165, 1.54) is 12.8 Å². The molecule has 2 fully saturated rings. The molecule has 0 bridgehead atoms. The van der Waals surface area contributed by atoms with Gasteiger partial charge in [-0.2, -0.15) is 0 Å². The lowest BCUT2D eigenvalue weighted by molar-refractivity contribution is -0.122. The molecule has 2 aliphatic heterocycles. The van der Waals surface area contributed by atoms with Gasteiger partial charge in [0.25, 0.3) is 6.47 Å². The lowest BCUT2D eigenvalue weighted by Gasteiger charge is -2.34. The Labute approximate surface area is 255 Å². The van der Waals surface area contributed by atoms with Crippen molar-refractivity contribution in [1.82, 2.24) is 14.9 Å². The van der Waals surface area contributed by atoms with E-state index in [4.69, 9.17) is 34.1 Å². The van der Waals surface area contributed by atoms with Gasteiger partial charge in [0.15, 0.2) is 11.4 Å². The van der Waals surface area contributed by atoms with Gasteiger partial charge in [-0.1, -0.05) is 26.0 Å². The van der Waals surface area contributed by atoms with Crippen molar-refractivity contribution >= 4 is 40.5 Å². The Morgan fingerprint density at radius 1 is 1.09 bits per heavy atom. The van der Waals surface area contributed by atoms with Crippen LogP contribution in [0.4, 0.5) is 10.6 Å². The van der Waals surface area contributed by atoms with Gasteiger partial charge in [-0.25, -0.2) is 14.8 Å². The lowest BCUT2D eigenvalue weighted by atomic mass is 9.89. The van der Waals surface area contributed by atoms with Crippen LogP contribution in [0.1, 0.15) is 72.0 Å². The molecule has 2 saturated heterocycles. The number of nitrogens with zero attached hydrogens (tertiary/aromatic N) is 4. The van der Waals surface area contributed by atoms with Gasteiger partial charge >= 0.3 is 6.09 Å². The molecule has 3 aromatic rings. The van der Waals surface area contributed by atoms with Crippen LogP contribution in [0.5, 0.6) is 0 Å². The summed E-state index contributed by atoms with van der Waals surface area (Å²) >= 11 is 0. The molecule has 1 amide bonds. The third-order valence-electron chi connectivity index (χ3n) is 7.94. The number of carbonyl (C=O) groups excluding carboxylic acids is 1. The number of aryl methyl sites for hydroxylation is 1.